The van der Waals surface area contributed by atoms with Crippen molar-refractivity contribution in [2.45, 2.75) is 25.9 Å². The van der Waals surface area contributed by atoms with Crippen LogP contribution in [0.1, 0.15) is 36.0 Å². The monoisotopic (exact) mass is 472 g/mol. The van der Waals surface area contributed by atoms with Gasteiger partial charge >= 0.3 is 0 Å². The molecule has 1 N–H and O–H groups in total. The summed E-state index contributed by atoms with van der Waals surface area (Å²) in [6.07, 6.45) is 3.82. The van der Waals surface area contributed by atoms with Crippen molar-refractivity contribution >= 4 is 23.0 Å². The molecule has 2 aromatic heterocycles. The maximum atomic E-state index is 14.1. The second-order valence-electron chi connectivity index (χ2n) is 8.16. The predicted molar refractivity (Wildman–Crippen MR) is 136 cm³/mol. The highest BCUT2D eigenvalue weighted by atomic mass is 32.1. The zero-order valence-electron chi connectivity index (χ0n) is 19.0. The molecule has 5 rings (SSSR count). The van der Waals surface area contributed by atoms with Crippen molar-refractivity contribution in [3.63, 3.8) is 0 Å². The average Bonchev–Trinajstić information content (AvgIpc) is 3.46. The Labute approximate surface area is 203 Å². The van der Waals surface area contributed by atoms with Crippen LogP contribution in [-0.2, 0) is 0 Å². The third kappa shape index (κ3) is 4.03. The maximum absolute atomic E-state index is 14.1. The number of thiocarbonyl (C=S) groups is 1. The summed E-state index contributed by atoms with van der Waals surface area (Å²) in [4.78, 5) is 6.67. The van der Waals surface area contributed by atoms with E-state index in [9.17, 15) is 4.39 Å². The van der Waals surface area contributed by atoms with Crippen LogP contribution in [0.15, 0.2) is 85.2 Å². The summed E-state index contributed by atoms with van der Waals surface area (Å²) in [5.41, 5.74) is 4.34. The van der Waals surface area contributed by atoms with Crippen molar-refractivity contribution in [1.82, 2.24) is 14.9 Å². The molecule has 2 atom stereocenters. The van der Waals surface area contributed by atoms with Gasteiger partial charge < -0.3 is 19.5 Å². The number of nitrogens with one attached hydrogen (secondary N) is 1. The van der Waals surface area contributed by atoms with E-state index in [0.29, 0.717) is 17.3 Å². The molecule has 0 unspecified atom stereocenters. The molecular formula is C27H25FN4OS. The summed E-state index contributed by atoms with van der Waals surface area (Å²) < 4.78 is 21.8. The van der Waals surface area contributed by atoms with Crippen LogP contribution in [0.2, 0.25) is 0 Å². The van der Waals surface area contributed by atoms with Crippen molar-refractivity contribution in [3.8, 4) is 11.4 Å². The molecule has 4 aromatic rings. The number of aryl methyl sites for hydroxylation is 1. The molecule has 0 saturated carbocycles. The van der Waals surface area contributed by atoms with Crippen LogP contribution in [0, 0.1) is 12.7 Å². The smallest absolute Gasteiger partial charge is 0.174 e. The Morgan fingerprint density at radius 3 is 2.53 bits per heavy atom. The lowest BCUT2D eigenvalue weighted by Gasteiger charge is -2.29. The van der Waals surface area contributed by atoms with Crippen molar-refractivity contribution in [2.75, 3.05) is 11.5 Å². The lowest BCUT2D eigenvalue weighted by atomic mass is 10.0. The molecule has 172 valence electrons. The minimum Gasteiger partial charge on any atom is -0.494 e. The normalized spacial score (nSPS) is 17.6. The topological polar surface area (TPSA) is 42.3 Å². The van der Waals surface area contributed by atoms with Gasteiger partial charge in [-0.1, -0.05) is 6.07 Å². The van der Waals surface area contributed by atoms with Crippen molar-refractivity contribution in [2.24, 2.45) is 0 Å². The molecule has 5 nitrogen and oxygen atoms in total. The Morgan fingerprint density at radius 2 is 1.82 bits per heavy atom. The fourth-order valence-electron chi connectivity index (χ4n) is 4.45. The molecule has 7 heteroatoms. The van der Waals surface area contributed by atoms with E-state index in [4.69, 9.17) is 17.0 Å². The van der Waals surface area contributed by atoms with Crippen LogP contribution in [0.5, 0.6) is 5.75 Å². The van der Waals surface area contributed by atoms with Crippen molar-refractivity contribution < 1.29 is 9.13 Å². The van der Waals surface area contributed by atoms with E-state index < -0.39 is 0 Å². The second-order valence-corrected chi connectivity index (χ2v) is 8.55. The van der Waals surface area contributed by atoms with Crippen LogP contribution < -0.4 is 15.0 Å². The number of halogens is 1. The number of nitrogens with zero attached hydrogens (tertiary/aromatic N) is 3. The molecule has 1 fully saturated rings. The fraction of sp³-hybridized carbons (Fsp3) is 0.185. The molecule has 0 spiro atoms. The van der Waals surface area contributed by atoms with Gasteiger partial charge in [-0.15, -0.1) is 0 Å². The number of pyridine rings is 1. The number of hydrogen-bond acceptors (Lipinski definition) is 3. The van der Waals surface area contributed by atoms with Gasteiger partial charge in [-0.2, -0.15) is 0 Å². The highest BCUT2D eigenvalue weighted by Crippen LogP contribution is 2.42. The van der Waals surface area contributed by atoms with E-state index >= 15 is 0 Å². The quantitative estimate of drug-likeness (QED) is 0.354. The molecule has 1 saturated heterocycles. The molecule has 0 amide bonds. The third-order valence-corrected chi connectivity index (χ3v) is 6.34. The fourth-order valence-corrected chi connectivity index (χ4v) is 4.80. The van der Waals surface area contributed by atoms with Gasteiger partial charge in [0, 0.05) is 29.5 Å². The zero-order chi connectivity index (χ0) is 23.7. The molecule has 0 aliphatic carbocycles. The minimum absolute atomic E-state index is 0.185. The number of rotatable bonds is 6. The Balaban J connectivity index is 1.62. The highest BCUT2D eigenvalue weighted by molar-refractivity contribution is 7.80. The molecule has 0 radical (unpaired) electrons. The minimum atomic E-state index is -0.239. The highest BCUT2D eigenvalue weighted by Gasteiger charge is 2.42. The first-order valence-electron chi connectivity index (χ1n) is 11.2. The van der Waals surface area contributed by atoms with Gasteiger partial charge in [0.2, 0.25) is 0 Å². The van der Waals surface area contributed by atoms with Crippen molar-refractivity contribution in [1.29, 1.82) is 0 Å². The first kappa shape index (κ1) is 22.1. The van der Waals surface area contributed by atoms with E-state index in [0.717, 1.165) is 28.5 Å². The van der Waals surface area contributed by atoms with Crippen molar-refractivity contribution in [3.05, 3.63) is 108 Å². The number of hydrogen-bond donors (Lipinski definition) is 1. The van der Waals surface area contributed by atoms with Gasteiger partial charge in [-0.25, -0.2) is 4.39 Å². The Bertz CT molecular complexity index is 1310. The van der Waals surface area contributed by atoms with E-state index in [1.165, 1.54) is 6.07 Å². The van der Waals surface area contributed by atoms with Crippen LogP contribution in [0.3, 0.4) is 0 Å². The molecule has 3 heterocycles. The van der Waals surface area contributed by atoms with E-state index in [2.05, 4.69) is 25.8 Å². The molecule has 34 heavy (non-hydrogen) atoms. The van der Waals surface area contributed by atoms with Gasteiger partial charge in [0.15, 0.2) is 5.11 Å². The first-order chi connectivity index (χ1) is 16.6. The summed E-state index contributed by atoms with van der Waals surface area (Å²) in [6, 6.07) is 22.7. The van der Waals surface area contributed by atoms with E-state index in [1.54, 1.807) is 19.2 Å². The van der Waals surface area contributed by atoms with E-state index in [-0.39, 0.29) is 17.9 Å². The van der Waals surface area contributed by atoms with Crippen LogP contribution in [-0.4, -0.2) is 21.3 Å². The Kier molecular flexibility index (Phi) is 6.02. The number of aromatic nitrogens is 2. The molecule has 0 bridgehead atoms. The van der Waals surface area contributed by atoms with Gasteiger partial charge in [-0.05, 0) is 98.4 Å². The molecule has 1 aliphatic rings. The maximum Gasteiger partial charge on any atom is 0.174 e. The lowest BCUT2D eigenvalue weighted by molar-refractivity contribution is 0.340. The predicted octanol–water partition coefficient (Wildman–Crippen LogP) is 5.90. The van der Waals surface area contributed by atoms with Crippen LogP contribution in [0.25, 0.3) is 5.69 Å². The molecule has 1 aliphatic heterocycles. The second kappa shape index (κ2) is 9.27. The van der Waals surface area contributed by atoms with Gasteiger partial charge in [0.05, 0.1) is 18.3 Å². The number of benzene rings is 2. The van der Waals surface area contributed by atoms with Crippen LogP contribution in [0.4, 0.5) is 10.1 Å². The number of anilines is 1. The van der Waals surface area contributed by atoms with E-state index in [1.807, 2.05) is 67.7 Å². The van der Waals surface area contributed by atoms with Gasteiger partial charge in [0.1, 0.15) is 17.6 Å². The summed E-state index contributed by atoms with van der Waals surface area (Å²) in [5.74, 6) is 0.593. The summed E-state index contributed by atoms with van der Waals surface area (Å²) >= 11 is 5.80. The summed E-state index contributed by atoms with van der Waals surface area (Å²) in [7, 11) is 0. The summed E-state index contributed by atoms with van der Waals surface area (Å²) in [5, 5.41) is 4.04. The third-order valence-electron chi connectivity index (χ3n) is 6.03. The SMILES string of the molecule is CCOc1ccc(-n2cccc2[C@@H]2[C@@H](c3ccccn3)NC(=S)N2c2ccc(F)c(C)c2)cc1. The standard InChI is InChI=1S/C27H25FN4OS/c1-3-33-21-12-9-19(10-13-21)31-16-6-8-24(31)26-25(23-7-4-5-15-29-23)30-27(34)32(26)20-11-14-22(28)18(2)17-20/h4-17,25-26H,3H2,1-2H3,(H,30,34)/t25-,26-/m1/s1. The first-order valence-corrected chi connectivity index (χ1v) is 11.6. The van der Waals surface area contributed by atoms with Gasteiger partial charge in [0.25, 0.3) is 0 Å². The average molecular weight is 473 g/mol. The van der Waals surface area contributed by atoms with Gasteiger partial charge in [-0.3, -0.25) is 4.98 Å². The Morgan fingerprint density at radius 1 is 1.03 bits per heavy atom. The molecular weight excluding hydrogens is 447 g/mol. The Hall–Kier alpha value is -3.71. The molecule has 2 aromatic carbocycles. The lowest BCUT2D eigenvalue weighted by Crippen LogP contribution is -2.30. The largest absolute Gasteiger partial charge is 0.494 e. The summed E-state index contributed by atoms with van der Waals surface area (Å²) in [6.45, 7) is 4.35. The number of ether oxygens (including phenoxy) is 1. The van der Waals surface area contributed by atoms with Crippen LogP contribution >= 0.6 is 12.2 Å². The zero-order valence-corrected chi connectivity index (χ0v) is 19.8.